The van der Waals surface area contributed by atoms with Gasteiger partial charge in [0.15, 0.2) is 0 Å². The number of rotatable bonds is 1. The average molecular weight is 397 g/mol. The van der Waals surface area contributed by atoms with Crippen LogP contribution in [-0.4, -0.2) is 4.98 Å². The first-order valence-corrected chi connectivity index (χ1v) is 5.34. The van der Waals surface area contributed by atoms with E-state index in [0.29, 0.717) is 0 Å². The zero-order chi connectivity index (χ0) is 10.8. The quantitative estimate of drug-likeness (QED) is 0.607. The second-order valence-electron chi connectivity index (χ2n) is 3.78. The molecular formula is C15H11IrN. The predicted octanol–water partition coefficient (Wildman–Crippen LogP) is 3.90. The number of hydrogen-bond donors (Lipinski definition) is 0. The van der Waals surface area contributed by atoms with Crippen LogP contribution in [0.1, 0.15) is 0 Å². The maximum atomic E-state index is 4.48. The van der Waals surface area contributed by atoms with E-state index in [1.165, 1.54) is 10.8 Å². The molecule has 3 rings (SSSR count). The molecule has 0 amide bonds. The summed E-state index contributed by atoms with van der Waals surface area (Å²) < 4.78 is 0. The Morgan fingerprint density at radius 1 is 0.706 bits per heavy atom. The van der Waals surface area contributed by atoms with Crippen LogP contribution in [0.5, 0.6) is 0 Å². The van der Waals surface area contributed by atoms with Gasteiger partial charge in [-0.2, -0.15) is 0 Å². The summed E-state index contributed by atoms with van der Waals surface area (Å²) in [6.45, 7) is 0. The molecule has 0 bridgehead atoms. The summed E-state index contributed by atoms with van der Waals surface area (Å²) in [7, 11) is 0. The maximum Gasteiger partial charge on any atom is 0.0708 e. The SMILES string of the molecule is [Ir].c1ccc(-c2cc3ccccc3cn2)cc1. The van der Waals surface area contributed by atoms with Crippen molar-refractivity contribution in [2.24, 2.45) is 0 Å². The molecular weight excluding hydrogens is 386 g/mol. The molecule has 0 spiro atoms. The van der Waals surface area contributed by atoms with Crippen molar-refractivity contribution in [3.05, 3.63) is 66.9 Å². The van der Waals surface area contributed by atoms with Crippen LogP contribution in [0.2, 0.25) is 0 Å². The number of aromatic nitrogens is 1. The normalized spacial score (nSPS) is 9.88. The van der Waals surface area contributed by atoms with Crippen molar-refractivity contribution in [1.29, 1.82) is 0 Å². The molecule has 0 aliphatic carbocycles. The largest absolute Gasteiger partial charge is 0.256 e. The molecule has 0 N–H and O–H groups in total. The Morgan fingerprint density at radius 3 is 2.12 bits per heavy atom. The molecule has 1 aromatic heterocycles. The van der Waals surface area contributed by atoms with Crippen molar-refractivity contribution in [1.82, 2.24) is 4.98 Å². The van der Waals surface area contributed by atoms with Gasteiger partial charge in [-0.3, -0.25) is 4.98 Å². The van der Waals surface area contributed by atoms with E-state index in [0.717, 1.165) is 11.3 Å². The van der Waals surface area contributed by atoms with E-state index in [1.54, 1.807) is 0 Å². The molecule has 3 aromatic rings. The van der Waals surface area contributed by atoms with Crippen molar-refractivity contribution in [2.45, 2.75) is 0 Å². The molecule has 0 fully saturated rings. The van der Waals surface area contributed by atoms with Gasteiger partial charge in [-0.25, -0.2) is 0 Å². The summed E-state index contributed by atoms with van der Waals surface area (Å²) in [6.07, 6.45) is 1.93. The summed E-state index contributed by atoms with van der Waals surface area (Å²) >= 11 is 0. The van der Waals surface area contributed by atoms with Crippen molar-refractivity contribution < 1.29 is 20.1 Å². The minimum atomic E-state index is 0. The molecule has 0 aliphatic rings. The fourth-order valence-electron chi connectivity index (χ4n) is 1.85. The third kappa shape index (κ3) is 2.44. The minimum absolute atomic E-state index is 0. The van der Waals surface area contributed by atoms with E-state index in [9.17, 15) is 0 Å². The fourth-order valence-corrected chi connectivity index (χ4v) is 1.85. The van der Waals surface area contributed by atoms with E-state index in [4.69, 9.17) is 0 Å². The number of fused-ring (bicyclic) bond motifs is 1. The van der Waals surface area contributed by atoms with Gasteiger partial charge in [0.05, 0.1) is 5.69 Å². The topological polar surface area (TPSA) is 12.9 Å². The average Bonchev–Trinajstić information content (AvgIpc) is 2.39. The van der Waals surface area contributed by atoms with Gasteiger partial charge in [-0.05, 0) is 11.5 Å². The molecule has 17 heavy (non-hydrogen) atoms. The molecule has 2 heteroatoms. The molecule has 1 heterocycles. The summed E-state index contributed by atoms with van der Waals surface area (Å²) in [5, 5.41) is 2.42. The summed E-state index contributed by atoms with van der Waals surface area (Å²) in [5.74, 6) is 0. The smallest absolute Gasteiger partial charge is 0.0708 e. The zero-order valence-electron chi connectivity index (χ0n) is 9.13. The van der Waals surface area contributed by atoms with Gasteiger partial charge in [-0.15, -0.1) is 0 Å². The third-order valence-electron chi connectivity index (χ3n) is 2.70. The number of nitrogens with zero attached hydrogens (tertiary/aromatic N) is 1. The molecule has 0 atom stereocenters. The van der Waals surface area contributed by atoms with Gasteiger partial charge in [0.1, 0.15) is 0 Å². The second-order valence-corrected chi connectivity index (χ2v) is 3.78. The van der Waals surface area contributed by atoms with E-state index in [1.807, 2.05) is 30.5 Å². The summed E-state index contributed by atoms with van der Waals surface area (Å²) in [6, 6.07) is 20.7. The zero-order valence-corrected chi connectivity index (χ0v) is 11.5. The van der Waals surface area contributed by atoms with Crippen molar-refractivity contribution >= 4 is 10.8 Å². The first kappa shape index (κ1) is 12.0. The van der Waals surface area contributed by atoms with Crippen LogP contribution in [0.15, 0.2) is 66.9 Å². The molecule has 2 aromatic carbocycles. The van der Waals surface area contributed by atoms with Crippen LogP contribution in [-0.2, 0) is 20.1 Å². The van der Waals surface area contributed by atoms with Crippen LogP contribution in [0.3, 0.4) is 0 Å². The molecule has 0 unspecified atom stereocenters. The van der Waals surface area contributed by atoms with Gasteiger partial charge in [-0.1, -0.05) is 54.6 Å². The van der Waals surface area contributed by atoms with Crippen LogP contribution < -0.4 is 0 Å². The fraction of sp³-hybridized carbons (Fsp3) is 0. The first-order chi connectivity index (χ1) is 7.93. The van der Waals surface area contributed by atoms with Crippen LogP contribution in [0.25, 0.3) is 22.0 Å². The van der Waals surface area contributed by atoms with Gasteiger partial charge in [0.2, 0.25) is 0 Å². The van der Waals surface area contributed by atoms with E-state index >= 15 is 0 Å². The van der Waals surface area contributed by atoms with Crippen molar-refractivity contribution in [3.63, 3.8) is 0 Å². The Hall–Kier alpha value is -1.50. The van der Waals surface area contributed by atoms with E-state index in [-0.39, 0.29) is 20.1 Å². The molecule has 0 aliphatic heterocycles. The Bertz CT molecular complexity index is 620. The first-order valence-electron chi connectivity index (χ1n) is 5.34. The minimum Gasteiger partial charge on any atom is -0.256 e. The monoisotopic (exact) mass is 398 g/mol. The number of hydrogen-bond acceptors (Lipinski definition) is 1. The maximum absolute atomic E-state index is 4.48. The van der Waals surface area contributed by atoms with Crippen molar-refractivity contribution in [3.8, 4) is 11.3 Å². The van der Waals surface area contributed by atoms with Gasteiger partial charge in [0, 0.05) is 37.3 Å². The standard InChI is InChI=1S/C15H11N.Ir/c1-2-6-12(7-3-1)15-10-13-8-4-5-9-14(13)11-16-15;/h1-11H;. The molecule has 1 nitrogen and oxygen atoms in total. The van der Waals surface area contributed by atoms with E-state index in [2.05, 4.69) is 41.4 Å². The third-order valence-corrected chi connectivity index (χ3v) is 2.70. The Balaban J connectivity index is 0.00000108. The number of pyridine rings is 1. The predicted molar refractivity (Wildman–Crippen MR) is 67.2 cm³/mol. The summed E-state index contributed by atoms with van der Waals surface area (Å²) in [5.41, 5.74) is 2.19. The Labute approximate surface area is 114 Å². The van der Waals surface area contributed by atoms with Crippen LogP contribution >= 0.6 is 0 Å². The number of benzene rings is 2. The van der Waals surface area contributed by atoms with E-state index < -0.39 is 0 Å². The van der Waals surface area contributed by atoms with Crippen LogP contribution in [0.4, 0.5) is 0 Å². The van der Waals surface area contributed by atoms with Gasteiger partial charge in [0.25, 0.3) is 0 Å². The molecule has 85 valence electrons. The molecule has 0 saturated carbocycles. The molecule has 0 saturated heterocycles. The molecule has 1 radical (unpaired) electrons. The summed E-state index contributed by atoms with van der Waals surface area (Å²) in [4.78, 5) is 4.48. The van der Waals surface area contributed by atoms with Gasteiger partial charge < -0.3 is 0 Å². The second kappa shape index (κ2) is 5.22. The Kier molecular flexibility index (Phi) is 3.68. The van der Waals surface area contributed by atoms with Gasteiger partial charge >= 0.3 is 0 Å². The Morgan fingerprint density at radius 2 is 1.35 bits per heavy atom. The van der Waals surface area contributed by atoms with Crippen LogP contribution in [0, 0.1) is 0 Å². The van der Waals surface area contributed by atoms with Crippen molar-refractivity contribution in [2.75, 3.05) is 0 Å².